The zero-order valence-electron chi connectivity index (χ0n) is 37.1. The first kappa shape index (κ1) is 53.2. The summed E-state index contributed by atoms with van der Waals surface area (Å²) in [6.45, 7) is 8.29. The number of carbonyl (C=O) groups excluding carboxylic acids is 2. The maximum atomic E-state index is 12.7. The van der Waals surface area contributed by atoms with E-state index in [4.69, 9.17) is 22.9 Å². The molecule has 2 unspecified atom stereocenters. The van der Waals surface area contributed by atoms with E-state index in [9.17, 15) is 24.2 Å². The van der Waals surface area contributed by atoms with E-state index in [0.717, 1.165) is 95.0 Å². The number of likely N-dealkylation sites (N-methyl/N-ethyl adjacent to an activating group) is 1. The average molecular weight is 837 g/mol. The normalized spacial score (nSPS) is 14.6. The Bertz CT molecular complexity index is 1420. The first-order valence-corrected chi connectivity index (χ1v) is 23.3. The van der Waals surface area contributed by atoms with Gasteiger partial charge in [0.05, 0.1) is 33.9 Å². The fourth-order valence-electron chi connectivity index (χ4n) is 5.95. The lowest BCUT2D eigenvalue weighted by molar-refractivity contribution is -0.870. The number of quaternary nitrogens is 1. The quantitative estimate of drug-likeness (QED) is 0.0223. The topological polar surface area (TPSA) is 142 Å². The van der Waals surface area contributed by atoms with Crippen LogP contribution in [0.3, 0.4) is 0 Å². The molecule has 1 rings (SSSR count). The minimum atomic E-state index is -4.41. The Balaban J connectivity index is 2.42. The highest BCUT2D eigenvalue weighted by atomic mass is 31.2. The van der Waals surface area contributed by atoms with Crippen LogP contribution in [0.4, 0.5) is 0 Å². The average Bonchev–Trinajstić information content (AvgIpc) is 3.42. The van der Waals surface area contributed by atoms with Crippen LogP contribution in [0.25, 0.3) is 0 Å². The Morgan fingerprint density at radius 1 is 0.724 bits per heavy atom. The Labute approximate surface area is 351 Å². The Kier molecular flexibility index (Phi) is 29.4. The number of unbranched alkanes of at least 4 members (excludes halogenated alkanes) is 6. The predicted octanol–water partition coefficient (Wildman–Crippen LogP) is 10.5. The molecular weight excluding hydrogens is 757 g/mol. The van der Waals surface area contributed by atoms with E-state index in [1.165, 1.54) is 11.1 Å². The Hall–Kier alpha value is -2.79. The van der Waals surface area contributed by atoms with Gasteiger partial charge in [-0.15, -0.1) is 0 Å². The lowest BCUT2D eigenvalue weighted by Gasteiger charge is -2.24. The first-order valence-electron chi connectivity index (χ1n) is 21.8. The molecule has 0 saturated carbocycles. The van der Waals surface area contributed by atoms with Crippen molar-refractivity contribution in [2.24, 2.45) is 0 Å². The molecule has 1 aromatic heterocycles. The third kappa shape index (κ3) is 28.6. The van der Waals surface area contributed by atoms with Crippen LogP contribution in [0.5, 0.6) is 0 Å². The maximum Gasteiger partial charge on any atom is 0.472 e. The molecule has 0 aromatic carbocycles. The number of aliphatic hydroxyl groups excluding tert-OH is 1. The number of phosphoric acid groups is 1. The Morgan fingerprint density at radius 3 is 1.91 bits per heavy atom. The molecule has 0 amide bonds. The van der Waals surface area contributed by atoms with E-state index in [1.54, 1.807) is 0 Å². The van der Waals surface area contributed by atoms with E-state index in [-0.39, 0.29) is 32.2 Å². The van der Waals surface area contributed by atoms with E-state index in [2.05, 4.69) is 64.2 Å². The first-order chi connectivity index (χ1) is 27.7. The second-order valence-electron chi connectivity index (χ2n) is 16.1. The number of hydrogen-bond donors (Lipinski definition) is 2. The van der Waals surface area contributed by atoms with Crippen molar-refractivity contribution in [1.82, 2.24) is 0 Å². The number of furan rings is 1. The number of allylic oxidation sites excluding steroid dienone is 7. The Morgan fingerprint density at radius 2 is 1.29 bits per heavy atom. The number of ether oxygens (including phenoxy) is 2. The van der Waals surface area contributed by atoms with Crippen molar-refractivity contribution < 1.29 is 51.6 Å². The highest BCUT2D eigenvalue weighted by Gasteiger charge is 2.27. The van der Waals surface area contributed by atoms with E-state index >= 15 is 0 Å². The summed E-state index contributed by atoms with van der Waals surface area (Å²) in [4.78, 5) is 35.4. The van der Waals surface area contributed by atoms with Crippen molar-refractivity contribution in [1.29, 1.82) is 0 Å². The summed E-state index contributed by atoms with van der Waals surface area (Å²) in [7, 11) is 1.38. The van der Waals surface area contributed by atoms with Gasteiger partial charge in [0.1, 0.15) is 31.3 Å². The van der Waals surface area contributed by atoms with Crippen LogP contribution in [0.15, 0.2) is 53.0 Å². The van der Waals surface area contributed by atoms with Gasteiger partial charge in [0, 0.05) is 25.7 Å². The molecule has 0 aliphatic heterocycles. The van der Waals surface area contributed by atoms with Crippen LogP contribution < -0.4 is 0 Å². The summed E-state index contributed by atoms with van der Waals surface area (Å²) in [6.07, 6.45) is 30.9. The summed E-state index contributed by atoms with van der Waals surface area (Å²) in [5, 5.41) is 9.74. The minimum absolute atomic E-state index is 0.00443. The van der Waals surface area contributed by atoms with Gasteiger partial charge in [0.25, 0.3) is 0 Å². The standard InChI is InChI=1S/C46H78NO10P/c1-8-29-41(48)31-25-21-17-15-13-11-10-12-14-16-18-24-28-34-46(50)56-42(38-55-58(51,52)54-36-35-47(5,6)7)37-53-45(49)33-27-23-20-19-22-26-32-44-40(4)39(3)43(57-44)30-9-2/h10,12-13,15-16,18,21,25,41-42,48H,8-9,11,14,17,19-20,22-24,26-38H2,1-7H3/p+1/b12-10-,15-13-,18-16-,25-21-/t41?,42-/m1/s1. The van der Waals surface area contributed by atoms with Crippen molar-refractivity contribution in [2.75, 3.05) is 47.5 Å². The molecule has 58 heavy (non-hydrogen) atoms. The second-order valence-corrected chi connectivity index (χ2v) is 17.6. The number of aliphatic hydroxyl groups is 1. The molecular formula is C46H79NO10P+. The molecule has 0 aliphatic carbocycles. The zero-order valence-corrected chi connectivity index (χ0v) is 38.0. The lowest BCUT2D eigenvalue weighted by Crippen LogP contribution is -2.37. The van der Waals surface area contributed by atoms with Gasteiger partial charge in [0.15, 0.2) is 6.10 Å². The third-order valence-corrected chi connectivity index (χ3v) is 10.6. The predicted molar refractivity (Wildman–Crippen MR) is 233 cm³/mol. The molecule has 1 aromatic rings. The van der Waals surface area contributed by atoms with Crippen LogP contribution in [0.2, 0.25) is 0 Å². The van der Waals surface area contributed by atoms with E-state index in [1.807, 2.05) is 33.3 Å². The smallest absolute Gasteiger partial charge is 0.466 e. The molecule has 0 bridgehead atoms. The second kappa shape index (κ2) is 32.0. The molecule has 332 valence electrons. The van der Waals surface area contributed by atoms with Crippen LogP contribution in [0.1, 0.15) is 146 Å². The van der Waals surface area contributed by atoms with Gasteiger partial charge in [-0.25, -0.2) is 4.57 Å². The van der Waals surface area contributed by atoms with Gasteiger partial charge in [-0.1, -0.05) is 94.6 Å². The van der Waals surface area contributed by atoms with Crippen LogP contribution in [-0.4, -0.2) is 86.1 Å². The molecule has 11 nitrogen and oxygen atoms in total. The van der Waals surface area contributed by atoms with Crippen LogP contribution in [0, 0.1) is 13.8 Å². The highest BCUT2D eigenvalue weighted by Crippen LogP contribution is 2.43. The van der Waals surface area contributed by atoms with Gasteiger partial charge in [0.2, 0.25) is 0 Å². The van der Waals surface area contributed by atoms with Gasteiger partial charge in [-0.05, 0) is 89.2 Å². The van der Waals surface area contributed by atoms with Gasteiger partial charge in [-0.2, -0.15) is 0 Å². The summed E-state index contributed by atoms with van der Waals surface area (Å²) in [6, 6.07) is 0. The molecule has 12 heteroatoms. The van der Waals surface area contributed by atoms with E-state index < -0.39 is 32.5 Å². The highest BCUT2D eigenvalue weighted by molar-refractivity contribution is 7.47. The molecule has 3 atom stereocenters. The monoisotopic (exact) mass is 837 g/mol. The third-order valence-electron chi connectivity index (χ3n) is 9.59. The molecule has 0 fully saturated rings. The summed E-state index contributed by atoms with van der Waals surface area (Å²) in [5.41, 5.74) is 2.57. The minimum Gasteiger partial charge on any atom is -0.466 e. The lowest BCUT2D eigenvalue weighted by atomic mass is 10.0. The molecule has 0 radical (unpaired) electrons. The number of rotatable bonds is 35. The number of phosphoric ester groups is 1. The van der Waals surface area contributed by atoms with Crippen molar-refractivity contribution in [3.8, 4) is 0 Å². The van der Waals surface area contributed by atoms with Crippen molar-refractivity contribution in [3.05, 3.63) is 71.3 Å². The van der Waals surface area contributed by atoms with E-state index in [0.29, 0.717) is 36.7 Å². The number of hydrogen-bond acceptors (Lipinski definition) is 9. The largest absolute Gasteiger partial charge is 0.472 e. The number of aryl methyl sites for hydroxylation is 2. The SMILES string of the molecule is CCCc1oc(CCCCCCCCC(=O)OC[C@H](COP(=O)(O)OCC[N+](C)(C)C)OC(=O)CCC/C=C\C/C=C\C/C=C\C/C=C\CC(O)CCC)c(C)c1C. The fraction of sp³-hybridized carbons (Fsp3) is 0.696. The summed E-state index contributed by atoms with van der Waals surface area (Å²) in [5.74, 6) is 1.31. The van der Waals surface area contributed by atoms with Gasteiger partial charge < -0.3 is 28.4 Å². The zero-order chi connectivity index (χ0) is 43.1. The number of carbonyl (C=O) groups is 2. The van der Waals surface area contributed by atoms with Crippen LogP contribution >= 0.6 is 7.82 Å². The van der Waals surface area contributed by atoms with Crippen molar-refractivity contribution in [2.45, 2.75) is 162 Å². The summed E-state index contributed by atoms with van der Waals surface area (Å²) >= 11 is 0. The molecule has 2 N–H and O–H groups in total. The van der Waals surface area contributed by atoms with Crippen molar-refractivity contribution in [3.63, 3.8) is 0 Å². The number of nitrogens with zero attached hydrogens (tertiary/aromatic N) is 1. The fourth-order valence-corrected chi connectivity index (χ4v) is 6.69. The van der Waals surface area contributed by atoms with Crippen molar-refractivity contribution >= 4 is 19.8 Å². The molecule has 0 saturated heterocycles. The van der Waals surface area contributed by atoms with Crippen LogP contribution in [-0.2, 0) is 45.5 Å². The summed E-state index contributed by atoms with van der Waals surface area (Å²) < 4.78 is 40.3. The molecule has 1 heterocycles. The molecule has 0 aliphatic rings. The molecule has 0 spiro atoms. The number of esters is 2. The maximum absolute atomic E-state index is 12.7. The van der Waals surface area contributed by atoms with Gasteiger partial charge in [-0.3, -0.25) is 18.6 Å². The van der Waals surface area contributed by atoms with Gasteiger partial charge >= 0.3 is 19.8 Å².